The van der Waals surface area contributed by atoms with Crippen molar-refractivity contribution in [3.8, 4) is 11.5 Å². The van der Waals surface area contributed by atoms with Gasteiger partial charge in [-0.3, -0.25) is 5.10 Å². The van der Waals surface area contributed by atoms with Gasteiger partial charge in [-0.2, -0.15) is 18.9 Å². The van der Waals surface area contributed by atoms with Crippen LogP contribution in [0.1, 0.15) is 0 Å². The molecule has 2 aliphatic rings. The number of H-pyrrole nitrogens is 1. The highest BCUT2D eigenvalue weighted by atomic mass is 19.2. The van der Waals surface area contributed by atoms with Crippen LogP contribution >= 0.6 is 0 Å². The van der Waals surface area contributed by atoms with E-state index >= 15 is 0 Å². The molecule has 0 radical (unpaired) electrons. The van der Waals surface area contributed by atoms with Crippen molar-refractivity contribution in [3.63, 3.8) is 0 Å². The van der Waals surface area contributed by atoms with E-state index in [0.717, 1.165) is 17.1 Å². The van der Waals surface area contributed by atoms with E-state index in [-0.39, 0.29) is 30.0 Å². The number of aromatic nitrogens is 4. The van der Waals surface area contributed by atoms with Gasteiger partial charge in [0, 0.05) is 17.1 Å². The monoisotopic (exact) mass is 400 g/mol. The van der Waals surface area contributed by atoms with E-state index in [0.29, 0.717) is 5.69 Å². The molecule has 0 amide bonds. The Bertz CT molecular complexity index is 1250. The summed E-state index contributed by atoms with van der Waals surface area (Å²) in [6.45, 7) is -0.373. The molecule has 2 aliphatic heterocycles. The van der Waals surface area contributed by atoms with Gasteiger partial charge in [0.15, 0.2) is 23.1 Å². The summed E-state index contributed by atoms with van der Waals surface area (Å²) in [5, 5.41) is 13.2. The zero-order valence-corrected chi connectivity index (χ0v) is 14.5. The first-order valence-corrected chi connectivity index (χ1v) is 8.36. The van der Waals surface area contributed by atoms with Crippen LogP contribution < -0.4 is 20.1 Å². The zero-order valence-electron chi connectivity index (χ0n) is 14.5. The highest BCUT2D eigenvalue weighted by Crippen LogP contribution is 2.39. The minimum Gasteiger partial charge on any atom is -0.454 e. The predicted octanol–water partition coefficient (Wildman–Crippen LogP) is 3.99. The molecule has 4 heterocycles. The quantitative estimate of drug-likeness (QED) is 0.477. The minimum atomic E-state index is -1.23. The van der Waals surface area contributed by atoms with Crippen LogP contribution in [0.3, 0.4) is 0 Å². The molecule has 8 nitrogen and oxygen atoms in total. The van der Waals surface area contributed by atoms with Crippen LogP contribution in [-0.4, -0.2) is 27.0 Å². The van der Waals surface area contributed by atoms with Crippen LogP contribution in [-0.2, 0) is 0 Å². The van der Waals surface area contributed by atoms with Crippen molar-refractivity contribution in [2.75, 3.05) is 17.4 Å². The smallest absolute Gasteiger partial charge is 0.231 e. The standard InChI is InChI=1S/C18H11F3N6O2/c19-10-6-22-18(24-9-2-1-8-5-23-27-11(8)3-9)26-17(10)25-12-4-13-14(20)15(21)16(12)29-7-28-13/h1-6H,7H2,(H,23,27)(H2,22,24,25,26). The van der Waals surface area contributed by atoms with Crippen LogP contribution in [0.4, 0.5) is 36.3 Å². The second kappa shape index (κ2) is 6.55. The number of anilines is 4. The first-order chi connectivity index (χ1) is 14.1. The van der Waals surface area contributed by atoms with E-state index in [1.165, 1.54) is 6.07 Å². The average molecular weight is 400 g/mol. The molecule has 3 N–H and O–H groups in total. The number of hydrogen-bond donors (Lipinski definition) is 3. The van der Waals surface area contributed by atoms with Crippen molar-refractivity contribution in [1.29, 1.82) is 0 Å². The topological polar surface area (TPSA) is 97.0 Å². The fourth-order valence-corrected chi connectivity index (χ4v) is 2.86. The van der Waals surface area contributed by atoms with Crippen LogP contribution in [0.2, 0.25) is 0 Å². The molecule has 6 rings (SSSR count). The summed E-state index contributed by atoms with van der Waals surface area (Å²) in [7, 11) is 0. The largest absolute Gasteiger partial charge is 0.454 e. The van der Waals surface area contributed by atoms with Gasteiger partial charge in [0.05, 0.1) is 23.6 Å². The zero-order chi connectivity index (χ0) is 20.0. The molecule has 29 heavy (non-hydrogen) atoms. The van der Waals surface area contributed by atoms with Crippen molar-refractivity contribution in [2.24, 2.45) is 0 Å². The van der Waals surface area contributed by atoms with E-state index in [2.05, 4.69) is 30.8 Å². The molecule has 2 bridgehead atoms. The Morgan fingerprint density at radius 1 is 1.00 bits per heavy atom. The van der Waals surface area contributed by atoms with Gasteiger partial charge in [0.1, 0.15) is 0 Å². The second-order valence-electron chi connectivity index (χ2n) is 6.10. The van der Waals surface area contributed by atoms with Gasteiger partial charge in [-0.1, -0.05) is 0 Å². The van der Waals surface area contributed by atoms with Gasteiger partial charge < -0.3 is 20.1 Å². The van der Waals surface area contributed by atoms with E-state index < -0.39 is 23.2 Å². The molecule has 11 heteroatoms. The van der Waals surface area contributed by atoms with Crippen molar-refractivity contribution >= 4 is 34.0 Å². The van der Waals surface area contributed by atoms with Crippen LogP contribution in [0.5, 0.6) is 11.5 Å². The predicted molar refractivity (Wildman–Crippen MR) is 97.1 cm³/mol. The van der Waals surface area contributed by atoms with E-state index in [1.54, 1.807) is 18.3 Å². The van der Waals surface area contributed by atoms with Gasteiger partial charge in [-0.05, 0) is 18.2 Å². The summed E-state index contributed by atoms with van der Waals surface area (Å²) in [6, 6.07) is 6.58. The summed E-state index contributed by atoms with van der Waals surface area (Å²) in [5.74, 6) is -4.16. The van der Waals surface area contributed by atoms with Crippen molar-refractivity contribution < 1.29 is 22.6 Å². The molecule has 0 saturated heterocycles. The maximum atomic E-state index is 14.2. The van der Waals surface area contributed by atoms with Gasteiger partial charge in [0.2, 0.25) is 24.4 Å². The molecule has 146 valence electrons. The molecule has 0 spiro atoms. The summed E-state index contributed by atoms with van der Waals surface area (Å²) in [5.41, 5.74) is 1.41. The van der Waals surface area contributed by atoms with Gasteiger partial charge in [0.25, 0.3) is 0 Å². The molecule has 0 unspecified atom stereocenters. The Hall–Kier alpha value is -4.02. The van der Waals surface area contributed by atoms with Crippen molar-refractivity contribution in [2.45, 2.75) is 0 Å². The third-order valence-electron chi connectivity index (χ3n) is 4.24. The Morgan fingerprint density at radius 3 is 2.79 bits per heavy atom. The van der Waals surface area contributed by atoms with Crippen LogP contribution in [0, 0.1) is 17.5 Å². The lowest BCUT2D eigenvalue weighted by molar-refractivity contribution is 0.123. The van der Waals surface area contributed by atoms with Crippen LogP contribution in [0.25, 0.3) is 10.9 Å². The number of nitrogens with one attached hydrogen (secondary N) is 3. The first kappa shape index (κ1) is 17.1. The SMILES string of the molecule is Fc1cnc(Nc2ccc3cn[nH]c3c2)nc1Nc1cc2c(F)c(F)c1OCO2. The number of hydrogen-bond acceptors (Lipinski definition) is 7. The van der Waals surface area contributed by atoms with E-state index in [1.807, 2.05) is 6.07 Å². The number of halogens is 3. The molecule has 0 fully saturated rings. The minimum absolute atomic E-state index is 0.0289. The highest BCUT2D eigenvalue weighted by molar-refractivity contribution is 5.82. The Morgan fingerprint density at radius 2 is 1.90 bits per heavy atom. The third kappa shape index (κ3) is 3.02. The number of ether oxygens (including phenoxy) is 2. The summed E-state index contributed by atoms with van der Waals surface area (Å²) < 4.78 is 52.0. The molecule has 0 saturated carbocycles. The lowest BCUT2D eigenvalue weighted by atomic mass is 10.2. The van der Waals surface area contributed by atoms with E-state index in [9.17, 15) is 13.2 Å². The first-order valence-electron chi connectivity index (χ1n) is 8.36. The number of rotatable bonds is 4. The molecule has 4 aromatic rings. The fourth-order valence-electron chi connectivity index (χ4n) is 2.86. The van der Waals surface area contributed by atoms with Gasteiger partial charge in [-0.15, -0.1) is 0 Å². The second-order valence-corrected chi connectivity index (χ2v) is 6.10. The van der Waals surface area contributed by atoms with Gasteiger partial charge >= 0.3 is 0 Å². The molecular weight excluding hydrogens is 389 g/mol. The summed E-state index contributed by atoms with van der Waals surface area (Å²) in [6.07, 6.45) is 2.63. The fraction of sp³-hybridized carbons (Fsp3) is 0.0556. The molecule has 0 atom stereocenters. The number of benzene rings is 2. The summed E-state index contributed by atoms with van der Waals surface area (Å²) >= 11 is 0. The third-order valence-corrected chi connectivity index (χ3v) is 4.24. The Kier molecular flexibility index (Phi) is 3.86. The molecule has 0 aliphatic carbocycles. The number of nitrogens with zero attached hydrogens (tertiary/aromatic N) is 3. The number of aromatic amines is 1. The van der Waals surface area contributed by atoms with Crippen molar-refractivity contribution in [1.82, 2.24) is 20.2 Å². The average Bonchev–Trinajstić information content (AvgIpc) is 3.02. The molecule has 2 aromatic carbocycles. The van der Waals surface area contributed by atoms with Gasteiger partial charge in [-0.25, -0.2) is 9.37 Å². The summed E-state index contributed by atoms with van der Waals surface area (Å²) in [4.78, 5) is 7.96. The highest BCUT2D eigenvalue weighted by Gasteiger charge is 2.25. The lowest BCUT2D eigenvalue weighted by Crippen LogP contribution is -2.05. The Balaban J connectivity index is 1.46. The van der Waals surface area contributed by atoms with Crippen molar-refractivity contribution in [3.05, 3.63) is 54.1 Å². The number of fused-ring (bicyclic) bond motifs is 5. The molecular formula is C18H11F3N6O2. The maximum absolute atomic E-state index is 14.2. The lowest BCUT2D eigenvalue weighted by Gasteiger charge is -2.12. The Labute approximate surface area is 160 Å². The van der Waals surface area contributed by atoms with E-state index in [4.69, 9.17) is 9.47 Å². The molecule has 2 aromatic heterocycles. The normalized spacial score (nSPS) is 12.4. The van der Waals surface area contributed by atoms with Crippen LogP contribution in [0.15, 0.2) is 36.7 Å². The maximum Gasteiger partial charge on any atom is 0.231 e.